The molecular weight excluding hydrogens is 292 g/mol. The minimum absolute atomic E-state index is 0.163. The lowest BCUT2D eigenvalue weighted by atomic mass is 10.2. The van der Waals surface area contributed by atoms with Gasteiger partial charge in [-0.3, -0.25) is 0 Å². The maximum absolute atomic E-state index is 10.1. The highest BCUT2D eigenvalue weighted by Gasteiger charge is 2.28. The molecule has 1 aliphatic heterocycles. The summed E-state index contributed by atoms with van der Waals surface area (Å²) in [6.07, 6.45) is 2.12. The molecule has 2 N–H and O–H groups in total. The van der Waals surface area contributed by atoms with Crippen molar-refractivity contribution < 1.29 is 9.84 Å². The Kier molecular flexibility index (Phi) is 4.01. The first kappa shape index (κ1) is 14.7. The predicted octanol–water partition coefficient (Wildman–Crippen LogP) is 1.33. The number of hydrogen-bond acceptors (Lipinski definition) is 6. The summed E-state index contributed by atoms with van der Waals surface area (Å²) in [6.45, 7) is 3.66. The van der Waals surface area contributed by atoms with E-state index in [0.29, 0.717) is 11.8 Å². The zero-order valence-electron chi connectivity index (χ0n) is 13.1. The fraction of sp³-hybridized carbons (Fsp3) is 0.529. The number of aromatic nitrogens is 2. The second kappa shape index (κ2) is 6.29. The lowest BCUT2D eigenvalue weighted by Gasteiger charge is -2.28. The van der Waals surface area contributed by atoms with Gasteiger partial charge in [-0.2, -0.15) is 4.98 Å². The van der Waals surface area contributed by atoms with Crippen molar-refractivity contribution in [2.45, 2.75) is 31.5 Å². The normalized spacial score (nSPS) is 25.0. The van der Waals surface area contributed by atoms with E-state index in [0.717, 1.165) is 56.3 Å². The van der Waals surface area contributed by atoms with Crippen molar-refractivity contribution in [2.75, 3.05) is 31.1 Å². The molecule has 0 spiro atoms. The number of nitrogens with zero attached hydrogens (tertiary/aromatic N) is 3. The maximum atomic E-state index is 10.1. The van der Waals surface area contributed by atoms with Crippen molar-refractivity contribution in [1.82, 2.24) is 15.3 Å². The van der Waals surface area contributed by atoms with Crippen LogP contribution in [0.25, 0.3) is 10.9 Å². The topological polar surface area (TPSA) is 70.5 Å². The van der Waals surface area contributed by atoms with Crippen molar-refractivity contribution in [3.05, 3.63) is 24.3 Å². The van der Waals surface area contributed by atoms with Gasteiger partial charge in [0.1, 0.15) is 6.10 Å². The van der Waals surface area contributed by atoms with E-state index in [2.05, 4.69) is 15.2 Å². The summed E-state index contributed by atoms with van der Waals surface area (Å²) in [4.78, 5) is 11.6. The monoisotopic (exact) mass is 314 g/mol. The molecule has 2 atom stereocenters. The van der Waals surface area contributed by atoms with Crippen LogP contribution in [0.15, 0.2) is 24.3 Å². The number of piperazine rings is 1. The third kappa shape index (κ3) is 2.96. The third-order valence-electron chi connectivity index (χ3n) is 4.64. The van der Waals surface area contributed by atoms with Gasteiger partial charge in [0.2, 0.25) is 11.8 Å². The van der Waals surface area contributed by atoms with Gasteiger partial charge < -0.3 is 20.1 Å². The summed E-state index contributed by atoms with van der Waals surface area (Å²) in [5, 5.41) is 14.3. The Bertz CT molecular complexity index is 687. The molecule has 1 saturated carbocycles. The number of fused-ring (bicyclic) bond motifs is 1. The molecule has 6 heteroatoms. The number of nitrogens with one attached hydrogen (secondary N) is 1. The van der Waals surface area contributed by atoms with Crippen LogP contribution in [0.4, 0.5) is 5.95 Å². The minimum Gasteiger partial charge on any atom is -0.471 e. The summed E-state index contributed by atoms with van der Waals surface area (Å²) < 4.78 is 6.09. The molecule has 1 aromatic heterocycles. The molecule has 0 radical (unpaired) electrons. The second-order valence-corrected chi connectivity index (χ2v) is 6.24. The first-order valence-corrected chi connectivity index (χ1v) is 8.38. The van der Waals surface area contributed by atoms with Crippen LogP contribution in [0.2, 0.25) is 0 Å². The van der Waals surface area contributed by atoms with Crippen LogP contribution in [0, 0.1) is 0 Å². The summed E-state index contributed by atoms with van der Waals surface area (Å²) in [7, 11) is 0. The van der Waals surface area contributed by atoms with Gasteiger partial charge in [-0.15, -0.1) is 0 Å². The first-order valence-electron chi connectivity index (χ1n) is 8.38. The molecule has 2 unspecified atom stereocenters. The maximum Gasteiger partial charge on any atom is 0.229 e. The predicted molar refractivity (Wildman–Crippen MR) is 88.9 cm³/mol. The van der Waals surface area contributed by atoms with Crippen LogP contribution < -0.4 is 15.0 Å². The molecule has 2 aliphatic rings. The summed E-state index contributed by atoms with van der Waals surface area (Å²) >= 11 is 0. The average molecular weight is 314 g/mol. The van der Waals surface area contributed by atoms with Crippen molar-refractivity contribution in [2.24, 2.45) is 0 Å². The van der Waals surface area contributed by atoms with Crippen LogP contribution in [0.3, 0.4) is 0 Å². The number of aliphatic hydroxyl groups is 1. The molecule has 1 saturated heterocycles. The second-order valence-electron chi connectivity index (χ2n) is 6.24. The van der Waals surface area contributed by atoms with Crippen molar-refractivity contribution in [3.8, 4) is 5.88 Å². The molecule has 122 valence electrons. The number of anilines is 1. The smallest absolute Gasteiger partial charge is 0.229 e. The van der Waals surface area contributed by atoms with Gasteiger partial charge in [-0.05, 0) is 31.4 Å². The number of benzene rings is 1. The Labute approximate surface area is 135 Å². The molecule has 4 rings (SSSR count). The Balaban J connectivity index is 1.71. The molecule has 2 fully saturated rings. The van der Waals surface area contributed by atoms with E-state index in [1.165, 1.54) is 0 Å². The summed E-state index contributed by atoms with van der Waals surface area (Å²) in [5.41, 5.74) is 0.888. The van der Waals surface area contributed by atoms with Crippen molar-refractivity contribution in [3.63, 3.8) is 0 Å². The van der Waals surface area contributed by atoms with E-state index in [-0.39, 0.29) is 6.10 Å². The van der Waals surface area contributed by atoms with Crippen LogP contribution in [-0.2, 0) is 0 Å². The summed E-state index contributed by atoms with van der Waals surface area (Å²) in [5.74, 6) is 1.31. The molecule has 1 aromatic carbocycles. The zero-order chi connectivity index (χ0) is 15.6. The molecule has 1 aliphatic carbocycles. The molecule has 2 aromatic rings. The van der Waals surface area contributed by atoms with Gasteiger partial charge >= 0.3 is 0 Å². The van der Waals surface area contributed by atoms with Crippen LogP contribution in [0.1, 0.15) is 19.3 Å². The average Bonchev–Trinajstić information content (AvgIpc) is 3.00. The lowest BCUT2D eigenvalue weighted by Crippen LogP contribution is -2.44. The Morgan fingerprint density at radius 3 is 2.74 bits per heavy atom. The molecule has 2 heterocycles. The highest BCUT2D eigenvalue weighted by molar-refractivity contribution is 5.84. The Morgan fingerprint density at radius 2 is 1.96 bits per heavy atom. The van der Waals surface area contributed by atoms with Gasteiger partial charge in [0, 0.05) is 26.2 Å². The number of para-hydroxylation sites is 1. The van der Waals surface area contributed by atoms with E-state index in [1.807, 2.05) is 24.3 Å². The minimum atomic E-state index is -0.397. The Morgan fingerprint density at radius 1 is 1.13 bits per heavy atom. The zero-order valence-corrected chi connectivity index (χ0v) is 13.1. The number of aliphatic hydroxyl groups excluding tert-OH is 1. The number of rotatable bonds is 3. The van der Waals surface area contributed by atoms with E-state index >= 15 is 0 Å². The van der Waals surface area contributed by atoms with E-state index in [9.17, 15) is 5.11 Å². The van der Waals surface area contributed by atoms with Gasteiger partial charge in [0.25, 0.3) is 0 Å². The van der Waals surface area contributed by atoms with Crippen molar-refractivity contribution >= 4 is 16.9 Å². The van der Waals surface area contributed by atoms with Gasteiger partial charge in [-0.1, -0.05) is 12.1 Å². The Hall–Kier alpha value is -1.92. The van der Waals surface area contributed by atoms with Gasteiger partial charge in [0.05, 0.1) is 17.0 Å². The number of ether oxygens (including phenoxy) is 1. The third-order valence-corrected chi connectivity index (χ3v) is 4.64. The van der Waals surface area contributed by atoms with Crippen LogP contribution in [-0.4, -0.2) is 53.5 Å². The highest BCUT2D eigenvalue weighted by atomic mass is 16.5. The van der Waals surface area contributed by atoms with Crippen LogP contribution >= 0.6 is 0 Å². The van der Waals surface area contributed by atoms with Crippen molar-refractivity contribution in [1.29, 1.82) is 0 Å². The van der Waals surface area contributed by atoms with Crippen LogP contribution in [0.5, 0.6) is 5.88 Å². The quantitative estimate of drug-likeness (QED) is 0.891. The van der Waals surface area contributed by atoms with Gasteiger partial charge in [0.15, 0.2) is 0 Å². The highest BCUT2D eigenvalue weighted by Crippen LogP contribution is 2.30. The molecule has 0 bridgehead atoms. The SMILES string of the molecule is OC1CCCC1Oc1nc(N2CCNCC2)nc2ccccc12. The molecular formula is C17H22N4O2. The summed E-state index contributed by atoms with van der Waals surface area (Å²) in [6, 6.07) is 7.91. The fourth-order valence-electron chi connectivity index (χ4n) is 3.32. The first-order chi connectivity index (χ1) is 11.3. The molecule has 0 amide bonds. The standard InChI is InChI=1S/C17H22N4O2/c22-14-6-3-7-15(14)23-16-12-4-1-2-5-13(12)19-17(20-16)21-10-8-18-9-11-21/h1-2,4-5,14-15,18,22H,3,6-11H2. The number of hydrogen-bond donors (Lipinski definition) is 2. The largest absolute Gasteiger partial charge is 0.471 e. The van der Waals surface area contributed by atoms with E-state index < -0.39 is 6.10 Å². The van der Waals surface area contributed by atoms with Gasteiger partial charge in [-0.25, -0.2) is 4.98 Å². The van der Waals surface area contributed by atoms with E-state index in [4.69, 9.17) is 9.72 Å². The van der Waals surface area contributed by atoms with E-state index in [1.54, 1.807) is 0 Å². The molecule has 6 nitrogen and oxygen atoms in total. The lowest BCUT2D eigenvalue weighted by molar-refractivity contribution is 0.0585. The fourth-order valence-corrected chi connectivity index (χ4v) is 3.32. The molecule has 23 heavy (non-hydrogen) atoms.